The van der Waals surface area contributed by atoms with Crippen molar-refractivity contribution in [2.75, 3.05) is 13.7 Å². The van der Waals surface area contributed by atoms with E-state index in [1.165, 1.54) is 7.11 Å². The van der Waals surface area contributed by atoms with Gasteiger partial charge in [-0.1, -0.05) is 18.2 Å². The van der Waals surface area contributed by atoms with Crippen LogP contribution in [-0.4, -0.2) is 20.0 Å². The zero-order valence-electron chi connectivity index (χ0n) is 13.3. The number of benzene rings is 2. The maximum Gasteiger partial charge on any atom is 0.204 e. The van der Waals surface area contributed by atoms with Gasteiger partial charge >= 0.3 is 0 Å². The summed E-state index contributed by atoms with van der Waals surface area (Å²) in [6, 6.07) is 9.22. The largest absolute Gasteiger partial charge is 0.493 e. The molecule has 0 bridgehead atoms. The standard InChI is InChI=1S/C18H20O4/c1-5-21-18-15(20-4)9-14(11-19)10-16(18)22-17-12(2)7-6-8-13(17)3/h6-11H,5H2,1-4H3. The molecule has 2 rings (SSSR count). The molecule has 0 fully saturated rings. The van der Waals surface area contributed by atoms with Crippen molar-refractivity contribution in [1.82, 2.24) is 0 Å². The Hall–Kier alpha value is -2.49. The van der Waals surface area contributed by atoms with Crippen molar-refractivity contribution in [2.24, 2.45) is 0 Å². The van der Waals surface area contributed by atoms with Crippen LogP contribution in [0.25, 0.3) is 0 Å². The minimum Gasteiger partial charge on any atom is -0.493 e. The molecule has 4 heteroatoms. The van der Waals surface area contributed by atoms with Gasteiger partial charge < -0.3 is 14.2 Å². The van der Waals surface area contributed by atoms with E-state index in [0.29, 0.717) is 29.4 Å². The molecule has 0 atom stereocenters. The van der Waals surface area contributed by atoms with Crippen LogP contribution in [0.3, 0.4) is 0 Å². The molecular formula is C18H20O4. The molecule has 22 heavy (non-hydrogen) atoms. The van der Waals surface area contributed by atoms with Crippen LogP contribution >= 0.6 is 0 Å². The Kier molecular flexibility index (Phi) is 5.04. The van der Waals surface area contributed by atoms with Crippen LogP contribution in [-0.2, 0) is 0 Å². The van der Waals surface area contributed by atoms with Gasteiger partial charge in [0.05, 0.1) is 13.7 Å². The maximum atomic E-state index is 11.1. The van der Waals surface area contributed by atoms with Crippen molar-refractivity contribution in [3.8, 4) is 23.0 Å². The fraction of sp³-hybridized carbons (Fsp3) is 0.278. The topological polar surface area (TPSA) is 44.8 Å². The van der Waals surface area contributed by atoms with Crippen molar-refractivity contribution in [3.63, 3.8) is 0 Å². The Morgan fingerprint density at radius 2 is 1.68 bits per heavy atom. The summed E-state index contributed by atoms with van der Waals surface area (Å²) in [6.07, 6.45) is 0.760. The molecule has 0 saturated carbocycles. The molecule has 0 aromatic heterocycles. The summed E-state index contributed by atoms with van der Waals surface area (Å²) >= 11 is 0. The lowest BCUT2D eigenvalue weighted by molar-refractivity contribution is 0.112. The summed E-state index contributed by atoms with van der Waals surface area (Å²) in [5.74, 6) is 2.21. The molecule has 0 amide bonds. The van der Waals surface area contributed by atoms with E-state index >= 15 is 0 Å². The quantitative estimate of drug-likeness (QED) is 0.745. The smallest absolute Gasteiger partial charge is 0.204 e. The Morgan fingerprint density at radius 1 is 1.05 bits per heavy atom. The SMILES string of the molecule is CCOc1c(OC)cc(C=O)cc1Oc1c(C)cccc1C. The van der Waals surface area contributed by atoms with Crippen LogP contribution in [0.15, 0.2) is 30.3 Å². The average molecular weight is 300 g/mol. The van der Waals surface area contributed by atoms with Crippen molar-refractivity contribution in [2.45, 2.75) is 20.8 Å². The second kappa shape index (κ2) is 6.98. The molecule has 0 aliphatic rings. The summed E-state index contributed by atoms with van der Waals surface area (Å²) in [4.78, 5) is 11.1. The minimum atomic E-state index is 0.472. The Morgan fingerprint density at radius 3 is 2.23 bits per heavy atom. The van der Waals surface area contributed by atoms with Crippen LogP contribution in [0.4, 0.5) is 0 Å². The Labute approximate surface area is 130 Å². The number of hydrogen-bond acceptors (Lipinski definition) is 4. The molecule has 0 spiro atoms. The van der Waals surface area contributed by atoms with Gasteiger partial charge in [-0.05, 0) is 44.0 Å². The summed E-state index contributed by atoms with van der Waals surface area (Å²) in [5, 5.41) is 0. The molecule has 2 aromatic rings. The summed E-state index contributed by atoms with van der Waals surface area (Å²) in [6.45, 7) is 6.31. The van der Waals surface area contributed by atoms with Crippen molar-refractivity contribution in [3.05, 3.63) is 47.0 Å². The number of rotatable bonds is 6. The minimum absolute atomic E-state index is 0.472. The zero-order chi connectivity index (χ0) is 16.1. The molecule has 116 valence electrons. The maximum absolute atomic E-state index is 11.1. The predicted octanol–water partition coefficient (Wildman–Crippen LogP) is 4.32. The summed E-state index contributed by atoms with van der Waals surface area (Å²) in [5.41, 5.74) is 2.50. The highest BCUT2D eigenvalue weighted by Gasteiger charge is 2.16. The highest BCUT2D eigenvalue weighted by atomic mass is 16.5. The van der Waals surface area contributed by atoms with Gasteiger partial charge in [-0.25, -0.2) is 0 Å². The highest BCUT2D eigenvalue weighted by molar-refractivity contribution is 5.78. The lowest BCUT2D eigenvalue weighted by Crippen LogP contribution is -2.01. The lowest BCUT2D eigenvalue weighted by Gasteiger charge is -2.17. The lowest BCUT2D eigenvalue weighted by atomic mass is 10.1. The molecule has 0 radical (unpaired) electrons. The van der Waals surface area contributed by atoms with E-state index in [2.05, 4.69) is 0 Å². The number of hydrogen-bond donors (Lipinski definition) is 0. The van der Waals surface area contributed by atoms with Gasteiger partial charge in [-0.2, -0.15) is 0 Å². The van der Waals surface area contributed by atoms with E-state index in [1.807, 2.05) is 39.0 Å². The van der Waals surface area contributed by atoms with E-state index in [0.717, 1.165) is 23.2 Å². The van der Waals surface area contributed by atoms with Crippen LogP contribution in [0, 0.1) is 13.8 Å². The zero-order valence-corrected chi connectivity index (χ0v) is 13.3. The fourth-order valence-corrected chi connectivity index (χ4v) is 2.25. The molecule has 0 aliphatic carbocycles. The van der Waals surface area contributed by atoms with Crippen LogP contribution < -0.4 is 14.2 Å². The van der Waals surface area contributed by atoms with E-state index in [9.17, 15) is 4.79 Å². The van der Waals surface area contributed by atoms with Gasteiger partial charge in [-0.15, -0.1) is 0 Å². The van der Waals surface area contributed by atoms with Crippen molar-refractivity contribution in [1.29, 1.82) is 0 Å². The first-order valence-electron chi connectivity index (χ1n) is 7.14. The number of aldehydes is 1. The number of aryl methyl sites for hydroxylation is 2. The molecule has 0 heterocycles. The second-order valence-corrected chi connectivity index (χ2v) is 4.92. The molecule has 2 aromatic carbocycles. The first-order chi connectivity index (χ1) is 10.6. The van der Waals surface area contributed by atoms with Crippen molar-refractivity contribution < 1.29 is 19.0 Å². The van der Waals surface area contributed by atoms with Crippen LogP contribution in [0.5, 0.6) is 23.0 Å². The summed E-state index contributed by atoms with van der Waals surface area (Å²) < 4.78 is 17.0. The van der Waals surface area contributed by atoms with Gasteiger partial charge in [0.2, 0.25) is 5.75 Å². The van der Waals surface area contributed by atoms with Crippen molar-refractivity contribution >= 4 is 6.29 Å². The first kappa shape index (κ1) is 15.9. The number of methoxy groups -OCH3 is 1. The van der Waals surface area contributed by atoms with Gasteiger partial charge in [0, 0.05) is 5.56 Å². The van der Waals surface area contributed by atoms with Gasteiger partial charge in [0.1, 0.15) is 12.0 Å². The average Bonchev–Trinajstić information content (AvgIpc) is 2.52. The summed E-state index contributed by atoms with van der Waals surface area (Å²) in [7, 11) is 1.54. The third kappa shape index (κ3) is 3.22. The third-order valence-corrected chi connectivity index (χ3v) is 3.31. The second-order valence-electron chi connectivity index (χ2n) is 4.92. The monoisotopic (exact) mass is 300 g/mol. The predicted molar refractivity (Wildman–Crippen MR) is 85.5 cm³/mol. The van der Waals surface area contributed by atoms with Crippen LogP contribution in [0.2, 0.25) is 0 Å². The Bertz CT molecular complexity index is 657. The van der Waals surface area contributed by atoms with E-state index in [-0.39, 0.29) is 0 Å². The number of para-hydroxylation sites is 1. The molecule has 0 aliphatic heterocycles. The van der Waals surface area contributed by atoms with E-state index in [1.54, 1.807) is 12.1 Å². The van der Waals surface area contributed by atoms with Crippen LogP contribution in [0.1, 0.15) is 28.4 Å². The Balaban J connectivity index is 2.55. The van der Waals surface area contributed by atoms with Gasteiger partial charge in [0.25, 0.3) is 0 Å². The first-order valence-corrected chi connectivity index (χ1v) is 7.14. The number of carbonyl (C=O) groups excluding carboxylic acids is 1. The molecular weight excluding hydrogens is 280 g/mol. The molecule has 0 N–H and O–H groups in total. The highest BCUT2D eigenvalue weighted by Crippen LogP contribution is 2.42. The molecule has 0 unspecified atom stereocenters. The van der Waals surface area contributed by atoms with Gasteiger partial charge in [-0.3, -0.25) is 4.79 Å². The van der Waals surface area contributed by atoms with Gasteiger partial charge in [0.15, 0.2) is 11.5 Å². The normalized spacial score (nSPS) is 10.2. The van der Waals surface area contributed by atoms with E-state index < -0.39 is 0 Å². The number of ether oxygens (including phenoxy) is 3. The molecule has 0 saturated heterocycles. The number of carbonyl (C=O) groups is 1. The third-order valence-electron chi connectivity index (χ3n) is 3.31. The molecule has 4 nitrogen and oxygen atoms in total. The fourth-order valence-electron chi connectivity index (χ4n) is 2.25. The van der Waals surface area contributed by atoms with E-state index in [4.69, 9.17) is 14.2 Å².